The quantitative estimate of drug-likeness (QED) is 0.458. The molecular weight excluding hydrogens is 253 g/mol. The standard InChI is InChI=1S/C7H9F3O5S/c1-4(2)3-5(6(11)12)15-16(13,14)7(8,9)10/h3-4H,1-2H3,(H-,11,12,13,14)/b5-3-. The summed E-state index contributed by atoms with van der Waals surface area (Å²) >= 11 is 0. The largest absolute Gasteiger partial charge is 0.650 e. The van der Waals surface area contributed by atoms with Crippen molar-refractivity contribution in [2.75, 3.05) is 0 Å². The van der Waals surface area contributed by atoms with E-state index in [1.165, 1.54) is 13.8 Å². The molecule has 5 nitrogen and oxygen atoms in total. The maximum Gasteiger partial charge on any atom is 0.650 e. The van der Waals surface area contributed by atoms with Gasteiger partial charge in [-0.15, -0.1) is 17.7 Å². The molecule has 0 amide bonds. The zero-order valence-electron chi connectivity index (χ0n) is 8.28. The Balaban J connectivity index is 5.07. The normalized spacial score (nSPS) is 17.1. The lowest BCUT2D eigenvalue weighted by Gasteiger charge is -2.10. The number of alkyl halides is 3. The molecule has 9 heteroatoms. The molecule has 0 fully saturated rings. The van der Waals surface area contributed by atoms with Crippen molar-refractivity contribution < 1.29 is 36.0 Å². The molecule has 16 heavy (non-hydrogen) atoms. The molecule has 1 atom stereocenters. The maximum absolute atomic E-state index is 11.9. The minimum Gasteiger partial charge on any atom is -0.541 e. The lowest BCUT2D eigenvalue weighted by atomic mass is 10.2. The number of carbonyl (C=O) groups excluding carboxylic acids is 1. The monoisotopic (exact) mass is 262 g/mol. The van der Waals surface area contributed by atoms with Crippen LogP contribution in [0.4, 0.5) is 13.2 Å². The zero-order valence-corrected chi connectivity index (χ0v) is 9.09. The Morgan fingerprint density at radius 1 is 1.50 bits per heavy atom. The van der Waals surface area contributed by atoms with Crippen LogP contribution in [0.5, 0.6) is 0 Å². The zero-order chi connectivity index (χ0) is 13.1. The van der Waals surface area contributed by atoms with Crippen LogP contribution in [-0.2, 0) is 23.7 Å². The molecule has 0 aromatic carbocycles. The van der Waals surface area contributed by atoms with Crippen LogP contribution in [0.15, 0.2) is 11.8 Å². The Hall–Kier alpha value is -1.09. The molecule has 0 spiro atoms. The van der Waals surface area contributed by atoms with E-state index in [-0.39, 0.29) is 0 Å². The Labute approximate surface area is 90.4 Å². The minimum absolute atomic E-state index is 0.490. The van der Waals surface area contributed by atoms with Crippen LogP contribution in [0.2, 0.25) is 0 Å². The summed E-state index contributed by atoms with van der Waals surface area (Å²) in [6, 6.07) is 0. The molecule has 0 bridgehead atoms. The minimum atomic E-state index is -5.73. The Morgan fingerprint density at radius 2 is 1.94 bits per heavy atom. The lowest BCUT2D eigenvalue weighted by Crippen LogP contribution is -2.36. The van der Waals surface area contributed by atoms with Crippen molar-refractivity contribution in [3.63, 3.8) is 0 Å². The Morgan fingerprint density at radius 3 is 2.19 bits per heavy atom. The number of rotatable bonds is 4. The fraction of sp³-hybridized carbons (Fsp3) is 0.571. The molecule has 0 saturated heterocycles. The van der Waals surface area contributed by atoms with Crippen molar-refractivity contribution in [2.45, 2.75) is 19.4 Å². The first kappa shape index (κ1) is 14.9. The summed E-state index contributed by atoms with van der Waals surface area (Å²) in [6.07, 6.45) is 0.733. The number of allylic oxidation sites excluding steroid dienone is 1. The average molecular weight is 262 g/mol. The number of carboxylic acid groups (broad SMARTS) is 1. The summed E-state index contributed by atoms with van der Waals surface area (Å²) in [6.45, 7) is 2.89. The summed E-state index contributed by atoms with van der Waals surface area (Å²) in [5.74, 6) is -3.91. The first-order chi connectivity index (χ1) is 6.97. The van der Waals surface area contributed by atoms with E-state index in [0.717, 1.165) is 6.08 Å². The summed E-state index contributed by atoms with van der Waals surface area (Å²) in [5.41, 5.74) is -5.57. The van der Waals surface area contributed by atoms with Gasteiger partial charge in [-0.2, -0.15) is 0 Å². The van der Waals surface area contributed by atoms with Crippen molar-refractivity contribution in [3.8, 4) is 0 Å². The van der Waals surface area contributed by atoms with Gasteiger partial charge in [0.05, 0.1) is 0 Å². The molecule has 0 aliphatic carbocycles. The second-order valence-corrected chi connectivity index (χ2v) is 4.65. The van der Waals surface area contributed by atoms with Crippen LogP contribution in [0.3, 0.4) is 0 Å². The smallest absolute Gasteiger partial charge is 0.541 e. The molecular formula is C7H9F3O5S. The van der Waals surface area contributed by atoms with E-state index in [1.807, 2.05) is 0 Å². The van der Waals surface area contributed by atoms with Gasteiger partial charge < -0.3 is 9.90 Å². The van der Waals surface area contributed by atoms with Crippen LogP contribution in [0, 0.1) is 5.92 Å². The third-order valence-corrected chi connectivity index (χ3v) is 2.17. The van der Waals surface area contributed by atoms with E-state index in [0.29, 0.717) is 0 Å². The number of carbonyl (C=O) groups is 1. The van der Waals surface area contributed by atoms with Crippen LogP contribution < -0.4 is 5.11 Å². The second-order valence-electron chi connectivity index (χ2n) is 3.07. The van der Waals surface area contributed by atoms with Gasteiger partial charge in [-0.3, -0.25) is 0 Å². The van der Waals surface area contributed by atoms with E-state index >= 15 is 0 Å². The topological polar surface area (TPSA) is 86.7 Å². The fourth-order valence-electron chi connectivity index (χ4n) is 0.602. The predicted molar refractivity (Wildman–Crippen MR) is 45.7 cm³/mol. The number of hydrogen-bond acceptors (Lipinski definition) is 4. The molecule has 1 N–H and O–H groups in total. The van der Waals surface area contributed by atoms with Gasteiger partial charge in [0.25, 0.3) is 0 Å². The predicted octanol–water partition coefficient (Wildman–Crippen LogP) is 0.700. The van der Waals surface area contributed by atoms with Crippen molar-refractivity contribution >= 4 is 16.5 Å². The highest BCUT2D eigenvalue weighted by atomic mass is 32.3. The number of hydrogen-bond donors (Lipinski definition) is 1. The van der Waals surface area contributed by atoms with Gasteiger partial charge in [-0.05, 0) is 16.2 Å². The molecule has 0 radical (unpaired) electrons. The van der Waals surface area contributed by atoms with Crippen LogP contribution in [0.1, 0.15) is 13.8 Å². The van der Waals surface area contributed by atoms with Gasteiger partial charge in [-0.1, -0.05) is 13.8 Å². The molecule has 0 rings (SSSR count). The van der Waals surface area contributed by atoms with Crippen LogP contribution in [-0.4, -0.2) is 16.0 Å². The number of aliphatic carboxylic acids is 1. The molecule has 0 saturated carbocycles. The van der Waals surface area contributed by atoms with Gasteiger partial charge in [0, 0.05) is 0 Å². The molecule has 0 aliphatic rings. The first-order valence-corrected chi connectivity index (χ1v) is 5.37. The Bertz CT molecular complexity index is 346. The van der Waals surface area contributed by atoms with Gasteiger partial charge in [-0.25, -0.2) is 4.18 Å². The van der Waals surface area contributed by atoms with Gasteiger partial charge in [0.1, 0.15) is 5.97 Å². The first-order valence-electron chi connectivity index (χ1n) is 3.93. The van der Waals surface area contributed by atoms with E-state index in [2.05, 4.69) is 4.18 Å². The average Bonchev–Trinajstić information content (AvgIpc) is 1.98. The van der Waals surface area contributed by atoms with E-state index < -0.39 is 33.6 Å². The highest BCUT2D eigenvalue weighted by molar-refractivity contribution is 7.94. The second kappa shape index (κ2) is 4.83. The van der Waals surface area contributed by atoms with Gasteiger partial charge in [0.2, 0.25) is 5.76 Å². The molecule has 0 aromatic heterocycles. The highest BCUT2D eigenvalue weighted by Gasteiger charge is 2.63. The molecule has 0 aliphatic heterocycles. The van der Waals surface area contributed by atoms with Crippen molar-refractivity contribution in [1.82, 2.24) is 0 Å². The van der Waals surface area contributed by atoms with Crippen molar-refractivity contribution in [1.29, 1.82) is 0 Å². The SMILES string of the molecule is CC(C)/C=C(\O[S+](=O)(O)C(F)(F)F)C(=O)[O-]. The number of halogens is 3. The number of carboxylic acids is 1. The summed E-state index contributed by atoms with van der Waals surface area (Å²) in [5, 5.41) is 10.3. The maximum atomic E-state index is 11.9. The lowest BCUT2D eigenvalue weighted by molar-refractivity contribution is -0.302. The van der Waals surface area contributed by atoms with Crippen LogP contribution in [0.25, 0.3) is 0 Å². The molecule has 94 valence electrons. The van der Waals surface area contributed by atoms with Crippen molar-refractivity contribution in [3.05, 3.63) is 11.8 Å². The fourth-order valence-corrected chi connectivity index (χ4v) is 1.06. The highest BCUT2D eigenvalue weighted by Crippen LogP contribution is 2.31. The van der Waals surface area contributed by atoms with Gasteiger partial charge in [0.15, 0.2) is 0 Å². The third-order valence-electron chi connectivity index (χ3n) is 1.18. The van der Waals surface area contributed by atoms with E-state index in [4.69, 9.17) is 4.55 Å². The molecule has 0 aromatic rings. The van der Waals surface area contributed by atoms with E-state index in [1.54, 1.807) is 0 Å². The molecule has 0 heterocycles. The van der Waals surface area contributed by atoms with Crippen LogP contribution >= 0.6 is 0 Å². The summed E-state index contributed by atoms with van der Waals surface area (Å²) in [4.78, 5) is 10.3. The Kier molecular flexibility index (Phi) is 4.50. The van der Waals surface area contributed by atoms with E-state index in [9.17, 15) is 27.3 Å². The summed E-state index contributed by atoms with van der Waals surface area (Å²) < 4.78 is 58.3. The van der Waals surface area contributed by atoms with Crippen molar-refractivity contribution in [2.24, 2.45) is 5.92 Å². The molecule has 1 unspecified atom stereocenters. The third kappa shape index (κ3) is 4.19. The summed E-state index contributed by atoms with van der Waals surface area (Å²) in [7, 11) is -5.73. The van der Waals surface area contributed by atoms with Gasteiger partial charge >= 0.3 is 16.0 Å².